The number of carbonyl (C=O) groups excluding carboxylic acids is 2. The summed E-state index contributed by atoms with van der Waals surface area (Å²) in [5, 5.41) is 6.20. The minimum atomic E-state index is 0.00518. The summed E-state index contributed by atoms with van der Waals surface area (Å²) >= 11 is 0. The van der Waals surface area contributed by atoms with Gasteiger partial charge in [-0.25, -0.2) is 0 Å². The maximum Gasteiger partial charge on any atom is 0.253 e. The molecule has 1 aromatic rings. The van der Waals surface area contributed by atoms with Crippen molar-refractivity contribution in [2.24, 2.45) is 0 Å². The number of benzene rings is 1. The molecule has 0 spiro atoms. The largest absolute Gasteiger partial charge is 0.378 e. The van der Waals surface area contributed by atoms with Crippen molar-refractivity contribution in [3.63, 3.8) is 0 Å². The standard InChI is InChI=1S/C19H28N4O3/c1-22-7-9-23(10-8-22)19(25)16-4-2-15(3-5-16)13-21-18(24)12-17-14-26-11-6-20-17/h2-5,17,20H,6-14H2,1H3,(H,21,24). The Balaban J connectivity index is 1.45. The minimum absolute atomic E-state index is 0.00518. The van der Waals surface area contributed by atoms with E-state index in [0.29, 0.717) is 31.7 Å². The number of amides is 2. The van der Waals surface area contributed by atoms with E-state index in [9.17, 15) is 9.59 Å². The molecule has 2 fully saturated rings. The number of nitrogens with zero attached hydrogens (tertiary/aromatic N) is 2. The fraction of sp³-hybridized carbons (Fsp3) is 0.579. The molecule has 2 aliphatic rings. The Morgan fingerprint density at radius 2 is 1.92 bits per heavy atom. The van der Waals surface area contributed by atoms with Gasteiger partial charge in [0, 0.05) is 57.3 Å². The maximum atomic E-state index is 12.5. The van der Waals surface area contributed by atoms with E-state index in [4.69, 9.17) is 4.74 Å². The molecule has 0 aliphatic carbocycles. The molecule has 0 aromatic heterocycles. The number of ether oxygens (including phenoxy) is 1. The summed E-state index contributed by atoms with van der Waals surface area (Å²) in [6.45, 7) is 5.91. The number of hydrogen-bond acceptors (Lipinski definition) is 5. The smallest absolute Gasteiger partial charge is 0.253 e. The van der Waals surface area contributed by atoms with Gasteiger partial charge in [0.15, 0.2) is 0 Å². The Morgan fingerprint density at radius 1 is 1.19 bits per heavy atom. The Kier molecular flexibility index (Phi) is 6.60. The van der Waals surface area contributed by atoms with Gasteiger partial charge in [0.2, 0.25) is 5.91 Å². The third-order valence-electron chi connectivity index (χ3n) is 4.91. The summed E-state index contributed by atoms with van der Waals surface area (Å²) in [7, 11) is 2.07. The molecule has 2 heterocycles. The first-order valence-corrected chi connectivity index (χ1v) is 9.26. The van der Waals surface area contributed by atoms with Crippen molar-refractivity contribution in [3.05, 3.63) is 35.4 Å². The molecule has 1 unspecified atom stereocenters. The number of piperazine rings is 1. The van der Waals surface area contributed by atoms with Gasteiger partial charge < -0.3 is 25.2 Å². The van der Waals surface area contributed by atoms with Gasteiger partial charge in [-0.05, 0) is 24.7 Å². The van der Waals surface area contributed by atoms with E-state index in [1.807, 2.05) is 29.2 Å². The number of carbonyl (C=O) groups is 2. The molecule has 142 valence electrons. The first-order valence-electron chi connectivity index (χ1n) is 9.26. The third-order valence-corrected chi connectivity index (χ3v) is 4.91. The van der Waals surface area contributed by atoms with E-state index in [2.05, 4.69) is 22.6 Å². The third kappa shape index (κ3) is 5.27. The highest BCUT2D eigenvalue weighted by atomic mass is 16.5. The quantitative estimate of drug-likeness (QED) is 0.777. The number of rotatable bonds is 5. The lowest BCUT2D eigenvalue weighted by Gasteiger charge is -2.32. The van der Waals surface area contributed by atoms with Crippen LogP contribution in [0.4, 0.5) is 0 Å². The van der Waals surface area contributed by atoms with E-state index in [1.165, 1.54) is 0 Å². The van der Waals surface area contributed by atoms with Crippen LogP contribution in [0.15, 0.2) is 24.3 Å². The van der Waals surface area contributed by atoms with Gasteiger partial charge >= 0.3 is 0 Å². The second-order valence-corrected chi connectivity index (χ2v) is 7.00. The van der Waals surface area contributed by atoms with Gasteiger partial charge in [-0.1, -0.05) is 12.1 Å². The van der Waals surface area contributed by atoms with E-state index in [1.54, 1.807) is 0 Å². The second kappa shape index (κ2) is 9.12. The van der Waals surface area contributed by atoms with Crippen molar-refractivity contribution >= 4 is 11.8 Å². The van der Waals surface area contributed by atoms with E-state index < -0.39 is 0 Å². The summed E-state index contributed by atoms with van der Waals surface area (Å²) in [4.78, 5) is 28.7. The van der Waals surface area contributed by atoms with Crippen LogP contribution in [0.5, 0.6) is 0 Å². The summed E-state index contributed by atoms with van der Waals surface area (Å²) in [5.41, 5.74) is 1.69. The zero-order chi connectivity index (χ0) is 18.4. The predicted octanol–water partition coefficient (Wildman–Crippen LogP) is 0.0689. The molecule has 0 saturated carbocycles. The van der Waals surface area contributed by atoms with E-state index in [0.717, 1.165) is 38.3 Å². The summed E-state index contributed by atoms with van der Waals surface area (Å²) < 4.78 is 5.36. The molecular weight excluding hydrogens is 332 g/mol. The zero-order valence-corrected chi connectivity index (χ0v) is 15.4. The van der Waals surface area contributed by atoms with Crippen LogP contribution < -0.4 is 10.6 Å². The fourth-order valence-corrected chi connectivity index (χ4v) is 3.20. The summed E-state index contributed by atoms with van der Waals surface area (Å²) in [6, 6.07) is 7.60. The van der Waals surface area contributed by atoms with E-state index >= 15 is 0 Å². The van der Waals surface area contributed by atoms with Crippen molar-refractivity contribution in [2.45, 2.75) is 19.0 Å². The molecule has 2 N–H and O–H groups in total. The van der Waals surface area contributed by atoms with Crippen molar-refractivity contribution in [2.75, 3.05) is 53.0 Å². The van der Waals surface area contributed by atoms with Gasteiger partial charge in [0.05, 0.1) is 13.2 Å². The summed E-state index contributed by atoms with van der Waals surface area (Å²) in [5.74, 6) is 0.0858. The van der Waals surface area contributed by atoms with Crippen LogP contribution >= 0.6 is 0 Å². The van der Waals surface area contributed by atoms with Crippen LogP contribution in [-0.2, 0) is 16.1 Å². The first-order chi connectivity index (χ1) is 12.6. The molecule has 2 amide bonds. The van der Waals surface area contributed by atoms with Crippen LogP contribution in [0.1, 0.15) is 22.3 Å². The highest BCUT2D eigenvalue weighted by Crippen LogP contribution is 2.10. The molecule has 2 saturated heterocycles. The molecule has 26 heavy (non-hydrogen) atoms. The van der Waals surface area contributed by atoms with Crippen LogP contribution in [-0.4, -0.2) is 80.6 Å². The van der Waals surface area contributed by atoms with Gasteiger partial charge in [-0.2, -0.15) is 0 Å². The lowest BCUT2D eigenvalue weighted by molar-refractivity contribution is -0.122. The Hall–Kier alpha value is -1.96. The lowest BCUT2D eigenvalue weighted by Crippen LogP contribution is -2.47. The molecular formula is C19H28N4O3. The highest BCUT2D eigenvalue weighted by molar-refractivity contribution is 5.94. The van der Waals surface area contributed by atoms with Crippen molar-refractivity contribution in [1.29, 1.82) is 0 Å². The molecule has 1 atom stereocenters. The normalized spacial score (nSPS) is 21.4. The van der Waals surface area contributed by atoms with Crippen LogP contribution in [0.25, 0.3) is 0 Å². The lowest BCUT2D eigenvalue weighted by atomic mass is 10.1. The number of likely N-dealkylation sites (N-methyl/N-ethyl adjacent to an activating group) is 1. The molecule has 7 heteroatoms. The maximum absolute atomic E-state index is 12.5. The Morgan fingerprint density at radius 3 is 2.58 bits per heavy atom. The monoisotopic (exact) mass is 360 g/mol. The first kappa shape index (κ1) is 18.8. The Labute approximate surface area is 154 Å². The van der Waals surface area contributed by atoms with E-state index in [-0.39, 0.29) is 17.9 Å². The zero-order valence-electron chi connectivity index (χ0n) is 15.4. The number of hydrogen-bond donors (Lipinski definition) is 2. The molecule has 1 aromatic carbocycles. The number of nitrogens with one attached hydrogen (secondary N) is 2. The van der Waals surface area contributed by atoms with Crippen LogP contribution in [0, 0.1) is 0 Å². The van der Waals surface area contributed by atoms with Gasteiger partial charge in [-0.15, -0.1) is 0 Å². The highest BCUT2D eigenvalue weighted by Gasteiger charge is 2.20. The van der Waals surface area contributed by atoms with Crippen LogP contribution in [0.2, 0.25) is 0 Å². The van der Waals surface area contributed by atoms with Crippen LogP contribution in [0.3, 0.4) is 0 Å². The average Bonchev–Trinajstić information content (AvgIpc) is 2.68. The summed E-state index contributed by atoms with van der Waals surface area (Å²) in [6.07, 6.45) is 0.417. The Bertz CT molecular complexity index is 606. The van der Waals surface area contributed by atoms with Gasteiger partial charge in [0.25, 0.3) is 5.91 Å². The van der Waals surface area contributed by atoms with Crippen molar-refractivity contribution in [3.8, 4) is 0 Å². The molecule has 7 nitrogen and oxygen atoms in total. The van der Waals surface area contributed by atoms with Crippen molar-refractivity contribution in [1.82, 2.24) is 20.4 Å². The van der Waals surface area contributed by atoms with Crippen molar-refractivity contribution < 1.29 is 14.3 Å². The minimum Gasteiger partial charge on any atom is -0.378 e. The molecule has 0 bridgehead atoms. The topological polar surface area (TPSA) is 73.9 Å². The van der Waals surface area contributed by atoms with Gasteiger partial charge in [-0.3, -0.25) is 9.59 Å². The SMILES string of the molecule is CN1CCN(C(=O)c2ccc(CNC(=O)CC3COCCN3)cc2)CC1. The predicted molar refractivity (Wildman–Crippen MR) is 98.9 cm³/mol. The molecule has 2 aliphatic heterocycles. The molecule has 3 rings (SSSR count). The second-order valence-electron chi connectivity index (χ2n) is 7.00. The average molecular weight is 360 g/mol. The fourth-order valence-electron chi connectivity index (χ4n) is 3.20. The number of morpholine rings is 1. The molecule has 0 radical (unpaired) electrons. The van der Waals surface area contributed by atoms with Gasteiger partial charge in [0.1, 0.15) is 0 Å².